The molecule has 53 heavy (non-hydrogen) atoms. The predicted octanol–water partition coefficient (Wildman–Crippen LogP) is 12.0. The van der Waals surface area contributed by atoms with Crippen molar-refractivity contribution in [3.8, 4) is 33.6 Å². The number of aromatic nitrogens is 2. The van der Waals surface area contributed by atoms with E-state index in [4.69, 9.17) is 9.90 Å². The van der Waals surface area contributed by atoms with Gasteiger partial charge in [0.15, 0.2) is 0 Å². The van der Waals surface area contributed by atoms with E-state index in [0.717, 1.165) is 55.1 Å². The Balaban J connectivity index is 0.000000208. The summed E-state index contributed by atoms with van der Waals surface area (Å²) in [7, 11) is -1.67. The van der Waals surface area contributed by atoms with E-state index < -0.39 is 20.8 Å². The van der Waals surface area contributed by atoms with Gasteiger partial charge in [0.05, 0.1) is 13.7 Å². The van der Waals surface area contributed by atoms with Crippen LogP contribution in [0.3, 0.4) is 0 Å². The van der Waals surface area contributed by atoms with Gasteiger partial charge < -0.3 is 14.4 Å². The Morgan fingerprint density at radius 3 is 2.17 bits per heavy atom. The molecule has 0 unspecified atom stereocenters. The molecular weight excluding hydrogens is 841 g/mol. The largest absolute Gasteiger partial charge is 0.501 e. The van der Waals surface area contributed by atoms with Gasteiger partial charge >= 0.3 is 0 Å². The van der Waals surface area contributed by atoms with Gasteiger partial charge in [-0.1, -0.05) is 135 Å². The summed E-state index contributed by atoms with van der Waals surface area (Å²) in [5.41, 5.74) is 8.72. The van der Waals surface area contributed by atoms with Crippen LogP contribution in [0, 0.1) is 18.1 Å². The molecule has 0 atom stereocenters. The fourth-order valence-corrected chi connectivity index (χ4v) is 7.66. The van der Waals surface area contributed by atoms with Crippen molar-refractivity contribution in [1.29, 1.82) is 0 Å². The number of fused-ring (bicyclic) bond motifs is 3. The third-order valence-corrected chi connectivity index (χ3v) is 10.8. The van der Waals surface area contributed by atoms with E-state index >= 15 is 0 Å². The molecule has 8 rings (SSSR count). The fraction of sp³-hybridized carbons (Fsp3) is 0.167. The Morgan fingerprint density at radius 1 is 0.698 bits per heavy atom. The van der Waals surface area contributed by atoms with E-state index in [9.17, 15) is 0 Å². The summed E-state index contributed by atoms with van der Waals surface area (Å²) < 4.78 is 40.9. The zero-order valence-corrected chi connectivity index (χ0v) is 34.0. The van der Waals surface area contributed by atoms with Crippen molar-refractivity contribution in [2.45, 2.75) is 46.2 Å². The standard InChI is InChI=1S/C30H20NO.C18H24NSi.Ir/c1-3-8-21(9-4-1)18-22-16-17-31-28(19-22)27-13-7-12-26-25-15-14-24(20-29(25)32-30(26)27)23-10-5-2-6-11-23;1-14(2)11-16-12-17(15-9-7-6-8-10-15)19-13-18(16)20(3,4)5;/h1-12,14-17,19-20H,18H2;6-9,12-14H,11H2,1-5H3;/q2*-1;/i18D2;11D2;. The Kier molecular flexibility index (Phi) is 10.4. The molecule has 3 aromatic heterocycles. The molecule has 0 bridgehead atoms. The Labute approximate surface area is 334 Å². The molecule has 0 fully saturated rings. The number of nitrogens with zero attached hydrogens (tertiary/aromatic N) is 2. The molecule has 0 spiro atoms. The van der Waals surface area contributed by atoms with Crippen LogP contribution in [0.2, 0.25) is 19.6 Å². The first-order chi connectivity index (χ1) is 26.7. The Hall–Kier alpha value is -4.93. The molecule has 5 heteroatoms. The second kappa shape index (κ2) is 16.8. The molecule has 1 radical (unpaired) electrons. The Morgan fingerprint density at radius 2 is 1.45 bits per heavy atom. The van der Waals surface area contributed by atoms with Crippen molar-refractivity contribution in [2.24, 2.45) is 5.92 Å². The molecule has 3 heterocycles. The summed E-state index contributed by atoms with van der Waals surface area (Å²) >= 11 is 0. The maximum absolute atomic E-state index is 8.73. The van der Waals surface area contributed by atoms with Crippen molar-refractivity contribution in [3.63, 3.8) is 0 Å². The average molecular weight is 889 g/mol. The van der Waals surface area contributed by atoms with Crippen LogP contribution in [0.1, 0.15) is 36.0 Å². The molecular formula is C48H44IrN2OSi-2. The zero-order chi connectivity index (χ0) is 39.7. The number of benzene rings is 5. The third kappa shape index (κ3) is 9.00. The van der Waals surface area contributed by atoms with Crippen LogP contribution in [-0.4, -0.2) is 18.0 Å². The maximum atomic E-state index is 8.73. The minimum absolute atomic E-state index is 0. The molecule has 0 saturated heterocycles. The first-order valence-corrected chi connectivity index (χ1v) is 21.2. The fourth-order valence-electron chi connectivity index (χ4n) is 6.26. The monoisotopic (exact) mass is 889 g/mol. The molecule has 0 saturated carbocycles. The van der Waals surface area contributed by atoms with Crippen LogP contribution in [0.4, 0.5) is 0 Å². The van der Waals surface area contributed by atoms with Crippen LogP contribution >= 0.6 is 0 Å². The van der Waals surface area contributed by atoms with E-state index in [1.807, 2.05) is 98.9 Å². The second-order valence-corrected chi connectivity index (χ2v) is 19.2. The molecule has 0 aliphatic rings. The minimum Gasteiger partial charge on any atom is -0.501 e. The SMILES string of the molecule is [2H]C([2H])(c1cc(-c2[c-]cccc2)ncc1[Si](C)(C)C)C(C)C.[2H]C([2H])(c1ccccc1)c1ccnc(-c2[c-]ccc3c2oc2cc(-c4ccccc4)ccc23)c1.[Ir]. The van der Waals surface area contributed by atoms with Crippen molar-refractivity contribution >= 4 is 35.2 Å². The van der Waals surface area contributed by atoms with Gasteiger partial charge in [-0.3, -0.25) is 0 Å². The van der Waals surface area contributed by atoms with Crippen molar-refractivity contribution in [1.82, 2.24) is 9.97 Å². The van der Waals surface area contributed by atoms with Gasteiger partial charge in [0.2, 0.25) is 0 Å². The van der Waals surface area contributed by atoms with Gasteiger partial charge in [0.25, 0.3) is 0 Å². The van der Waals surface area contributed by atoms with E-state index in [1.165, 1.54) is 0 Å². The molecule has 5 aromatic carbocycles. The summed E-state index contributed by atoms with van der Waals surface area (Å²) in [4.78, 5) is 9.13. The molecule has 0 aliphatic carbocycles. The molecule has 3 nitrogen and oxygen atoms in total. The summed E-state index contributed by atoms with van der Waals surface area (Å²) in [5, 5.41) is 3.12. The Bertz CT molecular complexity index is 2610. The van der Waals surface area contributed by atoms with Gasteiger partial charge in [-0.2, -0.15) is 0 Å². The van der Waals surface area contributed by atoms with Gasteiger partial charge in [0.1, 0.15) is 5.58 Å². The summed E-state index contributed by atoms with van der Waals surface area (Å²) in [6.45, 7) is 10.6. The minimum atomic E-state index is -1.67. The van der Waals surface area contributed by atoms with Gasteiger partial charge in [-0.25, -0.2) is 0 Å². The van der Waals surface area contributed by atoms with Gasteiger partial charge in [-0.15, -0.1) is 54.1 Å². The van der Waals surface area contributed by atoms with Gasteiger partial charge in [-0.05, 0) is 69.6 Å². The van der Waals surface area contributed by atoms with Crippen LogP contribution in [0.5, 0.6) is 0 Å². The van der Waals surface area contributed by atoms with Crippen LogP contribution in [0.25, 0.3) is 55.6 Å². The summed E-state index contributed by atoms with van der Waals surface area (Å²) in [5.74, 6) is -0.0856. The van der Waals surface area contributed by atoms with Crippen LogP contribution < -0.4 is 5.19 Å². The molecule has 0 N–H and O–H groups in total. The number of rotatable bonds is 8. The first kappa shape index (κ1) is 32.7. The number of hydrogen-bond donors (Lipinski definition) is 0. The molecule has 0 amide bonds. The quantitative estimate of drug-likeness (QED) is 0.113. The normalized spacial score (nSPS) is 12.9. The first-order valence-electron chi connectivity index (χ1n) is 19.7. The average Bonchev–Trinajstić information content (AvgIpc) is 3.60. The second-order valence-electron chi connectivity index (χ2n) is 14.1. The maximum Gasteiger partial charge on any atom is 0.121 e. The molecule has 8 aromatic rings. The smallest absolute Gasteiger partial charge is 0.121 e. The topological polar surface area (TPSA) is 38.9 Å². The number of hydrogen-bond acceptors (Lipinski definition) is 3. The van der Waals surface area contributed by atoms with E-state index in [2.05, 4.69) is 72.1 Å². The van der Waals surface area contributed by atoms with Crippen molar-refractivity contribution < 1.29 is 30.0 Å². The number of pyridine rings is 2. The zero-order valence-electron chi connectivity index (χ0n) is 34.6. The van der Waals surface area contributed by atoms with E-state index in [-0.39, 0.29) is 26.0 Å². The van der Waals surface area contributed by atoms with Crippen molar-refractivity contribution in [2.75, 3.05) is 0 Å². The van der Waals surface area contributed by atoms with Crippen LogP contribution in [0.15, 0.2) is 150 Å². The number of furan rings is 1. The molecule has 267 valence electrons. The van der Waals surface area contributed by atoms with Gasteiger partial charge in [0, 0.05) is 43.4 Å². The predicted molar refractivity (Wildman–Crippen MR) is 221 cm³/mol. The summed E-state index contributed by atoms with van der Waals surface area (Å²) in [6.07, 6.45) is 0.527. The van der Waals surface area contributed by atoms with Crippen LogP contribution in [-0.2, 0) is 32.9 Å². The van der Waals surface area contributed by atoms with E-state index in [1.54, 1.807) is 30.5 Å². The van der Waals surface area contributed by atoms with E-state index in [0.29, 0.717) is 22.4 Å². The molecule has 0 aliphatic heterocycles. The summed E-state index contributed by atoms with van der Waals surface area (Å²) in [6, 6.07) is 49.1. The third-order valence-electron chi connectivity index (χ3n) is 8.76. The van der Waals surface area contributed by atoms with Crippen molar-refractivity contribution in [3.05, 3.63) is 175 Å².